The summed E-state index contributed by atoms with van der Waals surface area (Å²) in [7, 11) is 0. The van der Waals surface area contributed by atoms with Crippen molar-refractivity contribution in [2.75, 3.05) is 18.0 Å². The van der Waals surface area contributed by atoms with E-state index in [9.17, 15) is 9.90 Å². The minimum Gasteiger partial charge on any atom is -0.465 e. The van der Waals surface area contributed by atoms with Gasteiger partial charge in [-0.3, -0.25) is 4.90 Å². The summed E-state index contributed by atoms with van der Waals surface area (Å²) in [4.78, 5) is 27.1. The molecule has 2 saturated heterocycles. The second kappa shape index (κ2) is 4.34. The first-order valence-electron chi connectivity index (χ1n) is 7.20. The lowest BCUT2D eigenvalue weighted by molar-refractivity contribution is 0.114. The third kappa shape index (κ3) is 1.76. The lowest BCUT2D eigenvalue weighted by atomic mass is 10.1. The number of aromatic nitrogens is 3. The molecule has 1 amide bonds. The van der Waals surface area contributed by atoms with Crippen molar-refractivity contribution in [3.8, 4) is 0 Å². The number of carbonyl (C=O) groups is 1. The summed E-state index contributed by atoms with van der Waals surface area (Å²) in [5, 5.41) is 10.4. The van der Waals surface area contributed by atoms with Gasteiger partial charge in [0.25, 0.3) is 0 Å². The Bertz CT molecular complexity index is 698. The maximum atomic E-state index is 11.4. The van der Waals surface area contributed by atoms with Crippen LogP contribution in [0.1, 0.15) is 18.4 Å². The van der Waals surface area contributed by atoms with Crippen LogP contribution in [0.3, 0.4) is 0 Å². The van der Waals surface area contributed by atoms with Crippen LogP contribution in [0, 0.1) is 6.92 Å². The van der Waals surface area contributed by atoms with E-state index in [1.54, 1.807) is 11.2 Å². The fraction of sp³-hybridized carbons (Fsp3) is 0.500. The zero-order valence-electron chi connectivity index (χ0n) is 11.8. The Morgan fingerprint density at radius 3 is 2.71 bits per heavy atom. The number of nitrogens with one attached hydrogen (secondary N) is 1. The first-order valence-corrected chi connectivity index (χ1v) is 7.20. The molecule has 4 heterocycles. The molecule has 2 unspecified atom stereocenters. The third-order valence-electron chi connectivity index (χ3n) is 4.65. The lowest BCUT2D eigenvalue weighted by Gasteiger charge is -2.40. The number of hydrogen-bond donors (Lipinski definition) is 2. The summed E-state index contributed by atoms with van der Waals surface area (Å²) < 4.78 is 0. The number of fused-ring (bicyclic) bond motifs is 3. The Morgan fingerprint density at radius 1 is 1.33 bits per heavy atom. The van der Waals surface area contributed by atoms with Crippen LogP contribution in [-0.2, 0) is 0 Å². The molecule has 2 N–H and O–H groups in total. The zero-order chi connectivity index (χ0) is 14.6. The van der Waals surface area contributed by atoms with Gasteiger partial charge in [0, 0.05) is 19.3 Å². The van der Waals surface area contributed by atoms with Crippen LogP contribution in [0.25, 0.3) is 11.0 Å². The summed E-state index contributed by atoms with van der Waals surface area (Å²) in [5.41, 5.74) is 1.96. The van der Waals surface area contributed by atoms with Gasteiger partial charge in [-0.15, -0.1) is 0 Å². The van der Waals surface area contributed by atoms with E-state index < -0.39 is 6.09 Å². The Balaban J connectivity index is 1.72. The first-order chi connectivity index (χ1) is 10.1. The molecule has 2 aliphatic heterocycles. The molecule has 7 nitrogen and oxygen atoms in total. The Kier molecular flexibility index (Phi) is 2.57. The first kappa shape index (κ1) is 12.4. The van der Waals surface area contributed by atoms with Crippen molar-refractivity contribution < 1.29 is 9.90 Å². The van der Waals surface area contributed by atoms with Crippen molar-refractivity contribution in [2.24, 2.45) is 0 Å². The lowest BCUT2D eigenvalue weighted by Crippen LogP contribution is -2.55. The maximum absolute atomic E-state index is 11.4. The number of aryl methyl sites for hydroxylation is 1. The second-order valence-electron chi connectivity index (χ2n) is 5.87. The van der Waals surface area contributed by atoms with Crippen LogP contribution in [-0.4, -0.2) is 56.2 Å². The molecule has 2 aromatic heterocycles. The highest BCUT2D eigenvalue weighted by atomic mass is 16.4. The SMILES string of the molecule is Cc1c[nH]c2ncnc(N3CC4CCC(C3)N4C(=O)O)c12. The molecular weight excluding hydrogens is 270 g/mol. The van der Waals surface area contributed by atoms with Crippen molar-refractivity contribution >= 4 is 22.9 Å². The molecule has 2 fully saturated rings. The number of carboxylic acid groups (broad SMARTS) is 1. The number of aromatic amines is 1. The summed E-state index contributed by atoms with van der Waals surface area (Å²) in [6.07, 6.45) is 4.58. The molecule has 0 saturated carbocycles. The summed E-state index contributed by atoms with van der Waals surface area (Å²) >= 11 is 0. The van der Waals surface area contributed by atoms with Gasteiger partial charge in [0.2, 0.25) is 0 Å². The second-order valence-corrected chi connectivity index (χ2v) is 5.87. The average Bonchev–Trinajstić information content (AvgIpc) is 2.97. The number of rotatable bonds is 1. The van der Waals surface area contributed by atoms with Crippen molar-refractivity contribution in [2.45, 2.75) is 31.8 Å². The molecule has 21 heavy (non-hydrogen) atoms. The summed E-state index contributed by atoms with van der Waals surface area (Å²) in [6.45, 7) is 3.45. The molecule has 2 bridgehead atoms. The van der Waals surface area contributed by atoms with E-state index in [0.717, 1.165) is 35.3 Å². The summed E-state index contributed by atoms with van der Waals surface area (Å²) in [5.74, 6) is 0.917. The van der Waals surface area contributed by atoms with Crippen molar-refractivity contribution in [3.05, 3.63) is 18.1 Å². The standard InChI is InChI=1S/C14H17N5O2/c1-8-4-15-12-11(8)13(17-7-16-12)18-5-9-2-3-10(6-18)19(9)14(20)21/h4,7,9-10H,2-3,5-6H2,1H3,(H,20,21)(H,15,16,17). The fourth-order valence-electron chi connectivity index (χ4n) is 3.73. The van der Waals surface area contributed by atoms with Crippen LogP contribution in [0.5, 0.6) is 0 Å². The van der Waals surface area contributed by atoms with Crippen LogP contribution in [0.15, 0.2) is 12.5 Å². The van der Waals surface area contributed by atoms with Gasteiger partial charge < -0.3 is 15.0 Å². The van der Waals surface area contributed by atoms with Gasteiger partial charge in [-0.25, -0.2) is 14.8 Å². The molecule has 7 heteroatoms. The molecule has 2 atom stereocenters. The normalized spacial score (nSPS) is 24.8. The molecule has 110 valence electrons. The molecule has 4 rings (SSSR count). The van der Waals surface area contributed by atoms with Gasteiger partial charge in [0.15, 0.2) is 0 Å². The van der Waals surface area contributed by atoms with E-state index in [0.29, 0.717) is 13.1 Å². The quantitative estimate of drug-likeness (QED) is 0.832. The number of nitrogens with zero attached hydrogens (tertiary/aromatic N) is 4. The highest BCUT2D eigenvalue weighted by Crippen LogP contribution is 2.34. The number of H-pyrrole nitrogens is 1. The van der Waals surface area contributed by atoms with Crippen molar-refractivity contribution in [1.29, 1.82) is 0 Å². The molecule has 0 spiro atoms. The van der Waals surface area contributed by atoms with Gasteiger partial charge in [-0.05, 0) is 25.3 Å². The van der Waals surface area contributed by atoms with Crippen molar-refractivity contribution in [3.63, 3.8) is 0 Å². The van der Waals surface area contributed by atoms with E-state index in [2.05, 4.69) is 19.9 Å². The van der Waals surface area contributed by atoms with E-state index >= 15 is 0 Å². The Hall–Kier alpha value is -2.31. The summed E-state index contributed by atoms with van der Waals surface area (Å²) in [6, 6.07) is 0.149. The van der Waals surface area contributed by atoms with E-state index in [4.69, 9.17) is 0 Å². The Morgan fingerprint density at radius 2 is 2.05 bits per heavy atom. The topological polar surface area (TPSA) is 85.4 Å². The van der Waals surface area contributed by atoms with Crippen molar-refractivity contribution in [1.82, 2.24) is 19.9 Å². The number of piperazine rings is 1. The van der Waals surface area contributed by atoms with Crippen LogP contribution >= 0.6 is 0 Å². The highest BCUT2D eigenvalue weighted by Gasteiger charge is 2.43. The monoisotopic (exact) mass is 287 g/mol. The smallest absolute Gasteiger partial charge is 0.407 e. The van der Waals surface area contributed by atoms with E-state index in [1.165, 1.54) is 0 Å². The van der Waals surface area contributed by atoms with Crippen LogP contribution in [0.2, 0.25) is 0 Å². The third-order valence-corrected chi connectivity index (χ3v) is 4.65. The van der Waals surface area contributed by atoms with Crippen LogP contribution < -0.4 is 4.90 Å². The van der Waals surface area contributed by atoms with Gasteiger partial charge in [0.1, 0.15) is 17.8 Å². The van der Waals surface area contributed by atoms with Gasteiger partial charge in [0.05, 0.1) is 17.5 Å². The van der Waals surface area contributed by atoms with Gasteiger partial charge >= 0.3 is 6.09 Å². The molecule has 2 aliphatic rings. The number of amides is 1. The van der Waals surface area contributed by atoms with Crippen LogP contribution in [0.4, 0.5) is 10.6 Å². The largest absolute Gasteiger partial charge is 0.465 e. The molecular formula is C14H17N5O2. The fourth-order valence-corrected chi connectivity index (χ4v) is 3.73. The number of anilines is 1. The minimum absolute atomic E-state index is 0.0745. The molecule has 0 aromatic carbocycles. The molecule has 0 aliphatic carbocycles. The molecule has 0 radical (unpaired) electrons. The predicted octanol–water partition coefficient (Wildman–Crippen LogP) is 1.60. The predicted molar refractivity (Wildman–Crippen MR) is 77.5 cm³/mol. The van der Waals surface area contributed by atoms with Gasteiger partial charge in [-0.2, -0.15) is 0 Å². The zero-order valence-corrected chi connectivity index (χ0v) is 11.8. The van der Waals surface area contributed by atoms with E-state index in [-0.39, 0.29) is 12.1 Å². The Labute approximate surface area is 121 Å². The van der Waals surface area contributed by atoms with Gasteiger partial charge in [-0.1, -0.05) is 0 Å². The average molecular weight is 287 g/mol. The number of hydrogen-bond acceptors (Lipinski definition) is 4. The minimum atomic E-state index is -0.798. The molecule has 2 aromatic rings. The maximum Gasteiger partial charge on any atom is 0.407 e. The highest BCUT2D eigenvalue weighted by molar-refractivity contribution is 5.90. The van der Waals surface area contributed by atoms with E-state index in [1.807, 2.05) is 13.1 Å².